The largest absolute Gasteiger partial charge is 0.384 e. The third-order valence-corrected chi connectivity index (χ3v) is 5.31. The van der Waals surface area contributed by atoms with Gasteiger partial charge in [0, 0.05) is 28.4 Å². The predicted octanol–water partition coefficient (Wildman–Crippen LogP) is 2.30. The highest BCUT2D eigenvalue weighted by Gasteiger charge is 2.32. The van der Waals surface area contributed by atoms with Crippen LogP contribution < -0.4 is 16.0 Å². The number of morpholine rings is 1. The van der Waals surface area contributed by atoms with Gasteiger partial charge < -0.3 is 20.7 Å². The molecule has 1 aliphatic rings. The lowest BCUT2D eigenvalue weighted by Gasteiger charge is -2.32. The first-order valence-corrected chi connectivity index (χ1v) is 10.2. The quantitative estimate of drug-likeness (QED) is 0.355. The number of nitrogens with zero attached hydrogens (tertiary/aromatic N) is 2. The van der Waals surface area contributed by atoms with Crippen LogP contribution in [-0.4, -0.2) is 55.3 Å². The van der Waals surface area contributed by atoms with E-state index in [2.05, 4.69) is 5.32 Å². The fourth-order valence-electron chi connectivity index (χ4n) is 3.06. The molecule has 1 unspecified atom stereocenters. The highest BCUT2D eigenvalue weighted by Crippen LogP contribution is 2.25. The zero-order valence-electron chi connectivity index (χ0n) is 16.9. The van der Waals surface area contributed by atoms with Crippen LogP contribution in [0.4, 0.5) is 11.4 Å². The van der Waals surface area contributed by atoms with Crippen molar-refractivity contribution < 1.29 is 14.3 Å². The Bertz CT molecular complexity index is 915. The Balaban J connectivity index is 1.60. The summed E-state index contributed by atoms with van der Waals surface area (Å²) in [6, 6.07) is 14.4. The van der Waals surface area contributed by atoms with Gasteiger partial charge in [-0.05, 0) is 74.6 Å². The first-order valence-electron chi connectivity index (χ1n) is 9.46. The maximum absolute atomic E-state index is 12.9. The number of ether oxygens (including phenoxy) is 1. The van der Waals surface area contributed by atoms with Crippen LogP contribution in [0.15, 0.2) is 53.4 Å². The van der Waals surface area contributed by atoms with Crippen LogP contribution >= 0.6 is 11.9 Å². The predicted molar refractivity (Wildman–Crippen MR) is 119 cm³/mol. The molecule has 3 rings (SSSR count). The van der Waals surface area contributed by atoms with E-state index >= 15 is 0 Å². The number of amides is 2. The number of amidine groups is 1. The van der Waals surface area contributed by atoms with Gasteiger partial charge in [-0.3, -0.25) is 19.3 Å². The number of hydrogen-bond acceptors (Lipinski definition) is 6. The molecule has 0 aromatic heterocycles. The number of nitrogen functional groups attached to an aromatic ring is 1. The van der Waals surface area contributed by atoms with Gasteiger partial charge in [0.05, 0.1) is 13.0 Å². The second-order valence-electron chi connectivity index (χ2n) is 6.99. The molecular formula is C21H25N5O3S. The van der Waals surface area contributed by atoms with Crippen LogP contribution in [0, 0.1) is 5.41 Å². The van der Waals surface area contributed by atoms with E-state index in [4.69, 9.17) is 15.9 Å². The molecule has 1 heterocycles. The van der Waals surface area contributed by atoms with Crippen LogP contribution in [0.1, 0.15) is 12.0 Å². The van der Waals surface area contributed by atoms with Gasteiger partial charge in [0.2, 0.25) is 5.91 Å². The van der Waals surface area contributed by atoms with Gasteiger partial charge in [-0.2, -0.15) is 0 Å². The Kier molecular flexibility index (Phi) is 7.09. The van der Waals surface area contributed by atoms with Crippen molar-refractivity contribution in [3.63, 3.8) is 0 Å². The fraction of sp³-hybridized carbons (Fsp3) is 0.286. The molecule has 4 N–H and O–H groups in total. The van der Waals surface area contributed by atoms with Crippen molar-refractivity contribution in [2.24, 2.45) is 5.73 Å². The number of carbonyl (C=O) groups excluding carboxylic acids is 2. The van der Waals surface area contributed by atoms with Gasteiger partial charge in [0.25, 0.3) is 5.91 Å². The van der Waals surface area contributed by atoms with Crippen LogP contribution in [0.5, 0.6) is 0 Å². The smallest absolute Gasteiger partial charge is 0.256 e. The molecule has 2 amide bonds. The molecule has 0 spiro atoms. The topological polar surface area (TPSA) is 112 Å². The van der Waals surface area contributed by atoms with Crippen LogP contribution in [-0.2, 0) is 14.3 Å². The van der Waals surface area contributed by atoms with Gasteiger partial charge in [0.15, 0.2) is 0 Å². The van der Waals surface area contributed by atoms with Crippen molar-refractivity contribution in [1.29, 1.82) is 5.41 Å². The van der Waals surface area contributed by atoms with Gasteiger partial charge in [-0.15, -0.1) is 0 Å². The number of benzene rings is 2. The third kappa shape index (κ3) is 5.59. The molecule has 2 aromatic rings. The molecule has 0 bridgehead atoms. The molecule has 8 nitrogen and oxygen atoms in total. The minimum absolute atomic E-state index is 0.0393. The number of hydrogen-bond donors (Lipinski definition) is 3. The standard InChI is InChI=1S/C21H25N5O3S/c1-25(2)30-17-9-7-16(8-10-17)26-11-12-29-18(21(26)28)13-19(27)24-15-5-3-14(4-6-15)20(22)23/h3-10,18H,11-13H2,1-2H3,(H3,22,23)(H,24,27). The Morgan fingerprint density at radius 3 is 2.50 bits per heavy atom. The number of carbonyl (C=O) groups is 2. The number of nitrogens with two attached hydrogens (primary N) is 1. The summed E-state index contributed by atoms with van der Waals surface area (Å²) in [7, 11) is 3.94. The highest BCUT2D eigenvalue weighted by molar-refractivity contribution is 7.97. The van der Waals surface area contributed by atoms with Crippen molar-refractivity contribution in [2.75, 3.05) is 37.5 Å². The van der Waals surface area contributed by atoms with Crippen LogP contribution in [0.2, 0.25) is 0 Å². The van der Waals surface area contributed by atoms with Gasteiger partial charge in [0.1, 0.15) is 11.9 Å². The zero-order valence-corrected chi connectivity index (χ0v) is 17.7. The summed E-state index contributed by atoms with van der Waals surface area (Å²) in [5, 5.41) is 10.1. The molecule has 1 aliphatic heterocycles. The first kappa shape index (κ1) is 21.8. The first-order chi connectivity index (χ1) is 14.3. The van der Waals surface area contributed by atoms with E-state index in [-0.39, 0.29) is 24.1 Å². The normalized spacial score (nSPS) is 16.6. The molecule has 1 fully saturated rings. The van der Waals surface area contributed by atoms with Crippen LogP contribution in [0.25, 0.3) is 0 Å². The maximum Gasteiger partial charge on any atom is 0.256 e. The van der Waals surface area contributed by atoms with Crippen molar-refractivity contribution in [3.05, 3.63) is 54.1 Å². The van der Waals surface area contributed by atoms with E-state index < -0.39 is 6.10 Å². The molecule has 1 saturated heterocycles. The van der Waals surface area contributed by atoms with Gasteiger partial charge in [-0.25, -0.2) is 0 Å². The Morgan fingerprint density at radius 2 is 1.90 bits per heavy atom. The van der Waals surface area contributed by atoms with E-state index in [1.54, 1.807) is 41.1 Å². The summed E-state index contributed by atoms with van der Waals surface area (Å²) >= 11 is 1.60. The molecule has 158 valence electrons. The maximum atomic E-state index is 12.9. The number of nitrogens with one attached hydrogen (secondary N) is 2. The van der Waals surface area contributed by atoms with Gasteiger partial charge in [-0.1, -0.05) is 0 Å². The van der Waals surface area contributed by atoms with E-state index in [1.165, 1.54) is 0 Å². The molecule has 30 heavy (non-hydrogen) atoms. The lowest BCUT2D eigenvalue weighted by molar-refractivity contribution is -0.137. The van der Waals surface area contributed by atoms with Crippen LogP contribution in [0.3, 0.4) is 0 Å². The highest BCUT2D eigenvalue weighted by atomic mass is 32.2. The second kappa shape index (κ2) is 9.75. The average molecular weight is 428 g/mol. The van der Waals surface area contributed by atoms with E-state index in [0.717, 1.165) is 10.6 Å². The monoisotopic (exact) mass is 427 g/mol. The molecule has 0 aliphatic carbocycles. The SMILES string of the molecule is CN(C)Sc1ccc(N2CCOC(CC(=O)Nc3ccc(C(=N)N)cc3)C2=O)cc1. The molecule has 0 saturated carbocycles. The van der Waals surface area contributed by atoms with Gasteiger partial charge >= 0.3 is 0 Å². The van der Waals surface area contributed by atoms with E-state index in [0.29, 0.717) is 24.4 Å². The second-order valence-corrected chi connectivity index (χ2v) is 8.37. The summed E-state index contributed by atoms with van der Waals surface area (Å²) in [6.07, 6.45) is -0.899. The minimum Gasteiger partial charge on any atom is -0.384 e. The lowest BCUT2D eigenvalue weighted by Crippen LogP contribution is -2.49. The van der Waals surface area contributed by atoms with E-state index in [1.807, 2.05) is 42.7 Å². The Hall–Kier alpha value is -2.88. The summed E-state index contributed by atoms with van der Waals surface area (Å²) in [5.74, 6) is -0.581. The molecular weight excluding hydrogens is 402 g/mol. The number of rotatable bonds is 7. The minimum atomic E-state index is -0.828. The molecule has 9 heteroatoms. The molecule has 1 atom stereocenters. The molecule has 0 radical (unpaired) electrons. The summed E-state index contributed by atoms with van der Waals surface area (Å²) in [5.41, 5.74) is 7.36. The fourth-order valence-corrected chi connectivity index (χ4v) is 3.73. The number of anilines is 2. The molecule has 2 aromatic carbocycles. The lowest BCUT2D eigenvalue weighted by atomic mass is 10.1. The Morgan fingerprint density at radius 1 is 1.23 bits per heavy atom. The average Bonchev–Trinajstić information content (AvgIpc) is 2.70. The summed E-state index contributed by atoms with van der Waals surface area (Å²) < 4.78 is 7.57. The van der Waals surface area contributed by atoms with Crippen molar-refractivity contribution in [3.8, 4) is 0 Å². The van der Waals surface area contributed by atoms with Crippen molar-refractivity contribution in [1.82, 2.24) is 4.31 Å². The summed E-state index contributed by atoms with van der Waals surface area (Å²) in [4.78, 5) is 28.0. The summed E-state index contributed by atoms with van der Waals surface area (Å²) in [6.45, 7) is 0.814. The Labute approximate surface area is 180 Å². The zero-order chi connectivity index (χ0) is 21.7. The third-order valence-electron chi connectivity index (χ3n) is 4.46. The van der Waals surface area contributed by atoms with E-state index in [9.17, 15) is 9.59 Å². The van der Waals surface area contributed by atoms with Crippen molar-refractivity contribution in [2.45, 2.75) is 17.4 Å². The van der Waals surface area contributed by atoms with Crippen molar-refractivity contribution >= 4 is 41.0 Å².